The number of nitrogens with zero attached hydrogens (tertiary/aromatic N) is 2. The van der Waals surface area contributed by atoms with Crippen LogP contribution in [0.25, 0.3) is 0 Å². The smallest absolute Gasteiger partial charge is 0.213 e. The first-order valence-electron chi connectivity index (χ1n) is 6.46. The van der Waals surface area contributed by atoms with E-state index in [0.717, 1.165) is 31.9 Å². The summed E-state index contributed by atoms with van der Waals surface area (Å²) in [5.74, 6) is 0.139. The summed E-state index contributed by atoms with van der Waals surface area (Å²) < 4.78 is 26.3. The van der Waals surface area contributed by atoms with Crippen LogP contribution >= 0.6 is 0 Å². The molecule has 1 aromatic rings. The van der Waals surface area contributed by atoms with Crippen LogP contribution in [-0.4, -0.2) is 56.8 Å². The van der Waals surface area contributed by atoms with Gasteiger partial charge in [0.15, 0.2) is 0 Å². The topological polar surface area (TPSA) is 74.3 Å². The number of pyridine rings is 1. The maximum atomic E-state index is 11.9. The quantitative estimate of drug-likeness (QED) is 0.730. The van der Waals surface area contributed by atoms with Crippen LogP contribution in [-0.2, 0) is 16.6 Å². The van der Waals surface area contributed by atoms with Gasteiger partial charge in [-0.2, -0.15) is 0 Å². The molecule has 106 valence electrons. The van der Waals surface area contributed by atoms with Crippen LogP contribution in [0.2, 0.25) is 0 Å². The highest BCUT2D eigenvalue weighted by atomic mass is 32.2. The summed E-state index contributed by atoms with van der Waals surface area (Å²) in [7, 11) is -3.23. The standard InChI is InChI=1S/C12H20N4O2S/c17-19(18,10-9-16-7-5-13-6-8-16)15-11-12-3-1-2-4-14-12/h1-4,13,15H,5-11H2. The van der Waals surface area contributed by atoms with E-state index < -0.39 is 10.0 Å². The minimum Gasteiger partial charge on any atom is -0.314 e. The van der Waals surface area contributed by atoms with Crippen molar-refractivity contribution in [2.24, 2.45) is 0 Å². The Kier molecular flexibility index (Phi) is 5.26. The molecule has 2 N–H and O–H groups in total. The number of nitrogens with one attached hydrogen (secondary N) is 2. The summed E-state index contributed by atoms with van der Waals surface area (Å²) in [6.07, 6.45) is 1.66. The first kappa shape index (κ1) is 14.4. The Morgan fingerprint density at radius 2 is 2.11 bits per heavy atom. The van der Waals surface area contributed by atoms with Gasteiger partial charge < -0.3 is 5.32 Å². The summed E-state index contributed by atoms with van der Waals surface area (Å²) in [6.45, 7) is 4.53. The van der Waals surface area contributed by atoms with Gasteiger partial charge in [-0.3, -0.25) is 9.88 Å². The van der Waals surface area contributed by atoms with Crippen molar-refractivity contribution in [2.75, 3.05) is 38.5 Å². The Balaban J connectivity index is 1.75. The lowest BCUT2D eigenvalue weighted by molar-refractivity contribution is 0.253. The van der Waals surface area contributed by atoms with Crippen molar-refractivity contribution in [1.82, 2.24) is 19.9 Å². The molecule has 1 aromatic heterocycles. The van der Waals surface area contributed by atoms with Gasteiger partial charge in [-0.1, -0.05) is 6.07 Å². The molecule has 19 heavy (non-hydrogen) atoms. The minimum atomic E-state index is -3.23. The van der Waals surface area contributed by atoms with Crippen molar-refractivity contribution in [2.45, 2.75) is 6.54 Å². The van der Waals surface area contributed by atoms with Crippen LogP contribution in [0.5, 0.6) is 0 Å². The molecule has 0 saturated carbocycles. The first-order chi connectivity index (χ1) is 9.16. The van der Waals surface area contributed by atoms with E-state index in [1.54, 1.807) is 12.3 Å². The highest BCUT2D eigenvalue weighted by Gasteiger charge is 2.15. The molecule has 0 amide bonds. The number of sulfonamides is 1. The third-order valence-electron chi connectivity index (χ3n) is 3.09. The van der Waals surface area contributed by atoms with Crippen molar-refractivity contribution in [3.05, 3.63) is 30.1 Å². The van der Waals surface area contributed by atoms with Crippen LogP contribution < -0.4 is 10.0 Å². The molecule has 1 aliphatic heterocycles. The largest absolute Gasteiger partial charge is 0.314 e. The van der Waals surface area contributed by atoms with Crippen molar-refractivity contribution >= 4 is 10.0 Å². The maximum absolute atomic E-state index is 11.9. The fourth-order valence-corrected chi connectivity index (χ4v) is 2.95. The SMILES string of the molecule is O=S(=O)(CCN1CCNCC1)NCc1ccccn1. The van der Waals surface area contributed by atoms with Gasteiger partial charge in [-0.25, -0.2) is 13.1 Å². The van der Waals surface area contributed by atoms with Gasteiger partial charge in [0.25, 0.3) is 0 Å². The predicted octanol–water partition coefficient (Wildman–Crippen LogP) is -0.594. The maximum Gasteiger partial charge on any atom is 0.213 e. The Hall–Kier alpha value is -1.02. The summed E-state index contributed by atoms with van der Waals surface area (Å²) in [6, 6.07) is 5.46. The molecule has 0 aromatic carbocycles. The van der Waals surface area contributed by atoms with Gasteiger partial charge in [0, 0.05) is 38.9 Å². The lowest BCUT2D eigenvalue weighted by Gasteiger charge is -2.26. The average Bonchev–Trinajstić information content (AvgIpc) is 2.46. The van der Waals surface area contributed by atoms with Gasteiger partial charge >= 0.3 is 0 Å². The molecule has 0 spiro atoms. The van der Waals surface area contributed by atoms with Crippen molar-refractivity contribution in [3.8, 4) is 0 Å². The zero-order valence-corrected chi connectivity index (χ0v) is 11.7. The third kappa shape index (κ3) is 5.23. The van der Waals surface area contributed by atoms with Gasteiger partial charge in [0.1, 0.15) is 0 Å². The first-order valence-corrected chi connectivity index (χ1v) is 8.11. The Labute approximate surface area is 114 Å². The molecular formula is C12H20N4O2S. The molecule has 7 heteroatoms. The van der Waals surface area contributed by atoms with Crippen LogP contribution in [0, 0.1) is 0 Å². The van der Waals surface area contributed by atoms with Crippen LogP contribution in [0.4, 0.5) is 0 Å². The molecule has 0 radical (unpaired) electrons. The molecule has 1 aliphatic rings. The number of piperazine rings is 1. The molecule has 1 fully saturated rings. The van der Waals surface area contributed by atoms with Crippen molar-refractivity contribution in [3.63, 3.8) is 0 Å². The molecule has 0 bridgehead atoms. The van der Waals surface area contributed by atoms with Gasteiger partial charge in [-0.05, 0) is 12.1 Å². The predicted molar refractivity (Wildman–Crippen MR) is 74.2 cm³/mol. The summed E-state index contributed by atoms with van der Waals surface area (Å²) in [4.78, 5) is 6.25. The van der Waals surface area contributed by atoms with E-state index in [1.165, 1.54) is 0 Å². The summed E-state index contributed by atoms with van der Waals surface area (Å²) >= 11 is 0. The molecule has 2 rings (SSSR count). The lowest BCUT2D eigenvalue weighted by atomic mass is 10.4. The Morgan fingerprint density at radius 3 is 2.79 bits per heavy atom. The van der Waals surface area contributed by atoms with Crippen molar-refractivity contribution in [1.29, 1.82) is 0 Å². The second-order valence-electron chi connectivity index (χ2n) is 4.55. The third-order valence-corrected chi connectivity index (χ3v) is 4.39. The van der Waals surface area contributed by atoms with Crippen LogP contribution in [0.3, 0.4) is 0 Å². The van der Waals surface area contributed by atoms with Gasteiger partial charge in [-0.15, -0.1) is 0 Å². The highest BCUT2D eigenvalue weighted by Crippen LogP contribution is 1.97. The fraction of sp³-hybridized carbons (Fsp3) is 0.583. The van der Waals surface area contributed by atoms with E-state index in [-0.39, 0.29) is 12.3 Å². The number of rotatable bonds is 6. The molecule has 0 aliphatic carbocycles. The normalized spacial score (nSPS) is 17.5. The van der Waals surface area contributed by atoms with E-state index in [2.05, 4.69) is 19.9 Å². The second kappa shape index (κ2) is 6.95. The molecule has 6 nitrogen and oxygen atoms in total. The van der Waals surface area contributed by atoms with E-state index in [0.29, 0.717) is 6.54 Å². The molecular weight excluding hydrogens is 264 g/mol. The zero-order valence-electron chi connectivity index (χ0n) is 10.9. The molecule has 0 atom stereocenters. The number of hydrogen-bond acceptors (Lipinski definition) is 5. The number of hydrogen-bond donors (Lipinski definition) is 2. The Bertz CT molecular complexity index is 472. The fourth-order valence-electron chi connectivity index (χ4n) is 1.94. The van der Waals surface area contributed by atoms with Gasteiger partial charge in [0.05, 0.1) is 18.0 Å². The lowest BCUT2D eigenvalue weighted by Crippen LogP contribution is -2.45. The summed E-state index contributed by atoms with van der Waals surface area (Å²) in [5, 5.41) is 3.24. The van der Waals surface area contributed by atoms with Gasteiger partial charge in [0.2, 0.25) is 10.0 Å². The summed E-state index contributed by atoms with van der Waals surface area (Å²) in [5.41, 5.74) is 0.730. The Morgan fingerprint density at radius 1 is 1.32 bits per heavy atom. The van der Waals surface area contributed by atoms with Crippen LogP contribution in [0.1, 0.15) is 5.69 Å². The van der Waals surface area contributed by atoms with Crippen molar-refractivity contribution < 1.29 is 8.42 Å². The zero-order chi connectivity index (χ0) is 13.6. The average molecular weight is 284 g/mol. The van der Waals surface area contributed by atoms with E-state index in [4.69, 9.17) is 0 Å². The van der Waals surface area contributed by atoms with E-state index in [9.17, 15) is 8.42 Å². The number of aromatic nitrogens is 1. The minimum absolute atomic E-state index is 0.139. The van der Waals surface area contributed by atoms with E-state index in [1.807, 2.05) is 12.1 Å². The monoisotopic (exact) mass is 284 g/mol. The molecule has 2 heterocycles. The highest BCUT2D eigenvalue weighted by molar-refractivity contribution is 7.89. The molecule has 0 unspecified atom stereocenters. The van der Waals surface area contributed by atoms with E-state index >= 15 is 0 Å². The molecule has 1 saturated heterocycles. The second-order valence-corrected chi connectivity index (χ2v) is 6.48. The van der Waals surface area contributed by atoms with Crippen LogP contribution in [0.15, 0.2) is 24.4 Å².